The van der Waals surface area contributed by atoms with Gasteiger partial charge in [-0.3, -0.25) is 0 Å². The molecule has 0 saturated heterocycles. The molecule has 2 rings (SSSR count). The van der Waals surface area contributed by atoms with E-state index < -0.39 is 0 Å². The summed E-state index contributed by atoms with van der Waals surface area (Å²) in [5.41, 5.74) is 9.25. The van der Waals surface area contributed by atoms with Gasteiger partial charge in [0, 0.05) is 13.2 Å². The Morgan fingerprint density at radius 3 is 2.12 bits per heavy atom. The van der Waals surface area contributed by atoms with Crippen molar-refractivity contribution in [3.63, 3.8) is 0 Å². The Balaban J connectivity index is 2.03. The van der Waals surface area contributed by atoms with E-state index in [2.05, 4.69) is 53.8 Å². The van der Waals surface area contributed by atoms with Gasteiger partial charge in [-0.15, -0.1) is 0 Å². The predicted octanol–water partition coefficient (Wildman–Crippen LogP) is 2.40. The minimum atomic E-state index is 0.544. The summed E-state index contributed by atoms with van der Waals surface area (Å²) >= 11 is 0. The molecule has 0 aromatic heterocycles. The van der Waals surface area contributed by atoms with E-state index in [1.807, 2.05) is 6.07 Å². The Labute approximate surface area is 102 Å². The Hall–Kier alpha value is -1.64. The first-order valence-corrected chi connectivity index (χ1v) is 5.95. The molecule has 17 heavy (non-hydrogen) atoms. The maximum absolute atomic E-state index is 5.38. The van der Waals surface area contributed by atoms with Crippen LogP contribution in [0.2, 0.25) is 0 Å². The number of hydrogen-bond donors (Lipinski definition) is 2. The molecule has 3 N–H and O–H groups in total. The van der Waals surface area contributed by atoms with Gasteiger partial charge in [0.15, 0.2) is 0 Å². The van der Waals surface area contributed by atoms with Crippen molar-refractivity contribution in [2.75, 3.05) is 13.2 Å². The van der Waals surface area contributed by atoms with E-state index in [-0.39, 0.29) is 0 Å². The minimum Gasteiger partial charge on any atom is -0.318 e. The fraction of sp³-hybridized carbons (Fsp3) is 0.200. The smallest absolute Gasteiger partial charge is 0.0428 e. The maximum Gasteiger partial charge on any atom is 0.0428 e. The zero-order valence-corrected chi connectivity index (χ0v) is 9.89. The normalized spacial score (nSPS) is 10.4. The summed E-state index contributed by atoms with van der Waals surface area (Å²) in [4.78, 5) is 0. The van der Waals surface area contributed by atoms with Gasteiger partial charge < -0.3 is 11.1 Å². The Morgan fingerprint density at radius 2 is 1.47 bits per heavy atom. The van der Waals surface area contributed by atoms with Gasteiger partial charge in [-0.1, -0.05) is 54.6 Å². The lowest BCUT2D eigenvalue weighted by molar-refractivity contribution is 0.701. The molecule has 0 aliphatic rings. The second-order valence-corrected chi connectivity index (χ2v) is 4.02. The van der Waals surface area contributed by atoms with E-state index in [1.165, 1.54) is 16.7 Å². The number of rotatable bonds is 5. The topological polar surface area (TPSA) is 38.0 Å². The fourth-order valence-electron chi connectivity index (χ4n) is 1.83. The quantitative estimate of drug-likeness (QED) is 0.607. The van der Waals surface area contributed by atoms with Crippen molar-refractivity contribution in [3.05, 3.63) is 60.2 Å². The van der Waals surface area contributed by atoms with Crippen molar-refractivity contribution in [1.82, 2.24) is 5.32 Å². The lowest BCUT2D eigenvalue weighted by Gasteiger charge is -2.05. The summed E-state index contributed by atoms with van der Waals surface area (Å²) in [6, 6.07) is 19.1. The molecule has 0 aliphatic heterocycles. The molecular weight excluding hydrogens is 208 g/mol. The molecule has 0 amide bonds. The number of benzene rings is 2. The van der Waals surface area contributed by atoms with Crippen LogP contribution in [-0.4, -0.2) is 13.2 Å². The molecule has 88 valence electrons. The van der Waals surface area contributed by atoms with Crippen molar-refractivity contribution in [2.24, 2.45) is 5.73 Å². The molecule has 2 nitrogen and oxygen atoms in total. The molecule has 0 atom stereocenters. The zero-order chi connectivity index (χ0) is 11.9. The summed E-state index contributed by atoms with van der Waals surface area (Å²) in [5.74, 6) is 0. The van der Waals surface area contributed by atoms with Crippen LogP contribution in [0, 0.1) is 0 Å². The summed E-state index contributed by atoms with van der Waals surface area (Å²) in [7, 11) is 0. The molecular formula is C15H18N2. The van der Waals surface area contributed by atoms with E-state index in [0.717, 1.165) is 13.0 Å². The van der Waals surface area contributed by atoms with E-state index in [9.17, 15) is 0 Å². The molecule has 0 unspecified atom stereocenters. The first kappa shape index (κ1) is 11.8. The Bertz CT molecular complexity index is 434. The lowest BCUT2D eigenvalue weighted by atomic mass is 10.0. The molecule has 0 spiro atoms. The Kier molecular flexibility index (Phi) is 4.30. The summed E-state index contributed by atoms with van der Waals surface area (Å²) in [5, 5.41) is 3.12. The first-order chi connectivity index (χ1) is 8.40. The molecule has 0 bridgehead atoms. The van der Waals surface area contributed by atoms with Crippen LogP contribution in [0.15, 0.2) is 54.6 Å². The van der Waals surface area contributed by atoms with E-state index >= 15 is 0 Å². The van der Waals surface area contributed by atoms with Crippen LogP contribution in [0.1, 0.15) is 5.56 Å². The molecule has 0 aliphatic carbocycles. The van der Waals surface area contributed by atoms with Crippen LogP contribution in [0.5, 0.6) is 0 Å². The standard InChI is InChI=1S/C15H18N2/c16-12-17-11-10-13-6-8-15(9-7-13)14-4-2-1-3-5-14/h1-9,17H,10-12,16H2. The minimum absolute atomic E-state index is 0.544. The summed E-state index contributed by atoms with van der Waals surface area (Å²) < 4.78 is 0. The summed E-state index contributed by atoms with van der Waals surface area (Å²) in [6.45, 7) is 1.48. The van der Waals surface area contributed by atoms with E-state index in [1.54, 1.807) is 0 Å². The van der Waals surface area contributed by atoms with E-state index in [4.69, 9.17) is 5.73 Å². The van der Waals surface area contributed by atoms with Crippen molar-refractivity contribution in [2.45, 2.75) is 6.42 Å². The van der Waals surface area contributed by atoms with Crippen LogP contribution in [0.25, 0.3) is 11.1 Å². The zero-order valence-electron chi connectivity index (χ0n) is 9.89. The molecule has 0 heterocycles. The first-order valence-electron chi connectivity index (χ1n) is 5.95. The maximum atomic E-state index is 5.38. The van der Waals surface area contributed by atoms with Gasteiger partial charge in [-0.05, 0) is 23.1 Å². The van der Waals surface area contributed by atoms with Crippen molar-refractivity contribution in [3.8, 4) is 11.1 Å². The lowest BCUT2D eigenvalue weighted by Crippen LogP contribution is -2.24. The highest BCUT2D eigenvalue weighted by Gasteiger charge is 1.97. The largest absolute Gasteiger partial charge is 0.318 e. The number of nitrogens with two attached hydrogens (primary N) is 1. The number of hydrogen-bond acceptors (Lipinski definition) is 2. The third-order valence-electron chi connectivity index (χ3n) is 2.80. The van der Waals surface area contributed by atoms with Gasteiger partial charge in [-0.25, -0.2) is 0 Å². The Morgan fingerprint density at radius 1 is 0.824 bits per heavy atom. The molecule has 0 radical (unpaired) electrons. The second-order valence-electron chi connectivity index (χ2n) is 4.02. The molecule has 2 aromatic carbocycles. The SMILES string of the molecule is NCNCCc1ccc(-c2ccccc2)cc1. The molecule has 2 aromatic rings. The van der Waals surface area contributed by atoms with Crippen molar-refractivity contribution in [1.29, 1.82) is 0 Å². The van der Waals surface area contributed by atoms with Crippen LogP contribution >= 0.6 is 0 Å². The molecule has 0 saturated carbocycles. The predicted molar refractivity (Wildman–Crippen MR) is 72.6 cm³/mol. The number of nitrogens with one attached hydrogen (secondary N) is 1. The molecule has 2 heteroatoms. The third-order valence-corrected chi connectivity index (χ3v) is 2.80. The highest BCUT2D eigenvalue weighted by molar-refractivity contribution is 5.63. The monoisotopic (exact) mass is 226 g/mol. The summed E-state index contributed by atoms with van der Waals surface area (Å²) in [6.07, 6.45) is 1.02. The average molecular weight is 226 g/mol. The molecule has 0 fully saturated rings. The van der Waals surface area contributed by atoms with Gasteiger partial charge >= 0.3 is 0 Å². The van der Waals surface area contributed by atoms with Gasteiger partial charge in [0.2, 0.25) is 0 Å². The van der Waals surface area contributed by atoms with Crippen LogP contribution in [-0.2, 0) is 6.42 Å². The van der Waals surface area contributed by atoms with Gasteiger partial charge in [-0.2, -0.15) is 0 Å². The van der Waals surface area contributed by atoms with Gasteiger partial charge in [0.05, 0.1) is 0 Å². The van der Waals surface area contributed by atoms with Crippen LogP contribution < -0.4 is 11.1 Å². The van der Waals surface area contributed by atoms with Crippen molar-refractivity contribution < 1.29 is 0 Å². The van der Waals surface area contributed by atoms with Crippen molar-refractivity contribution >= 4 is 0 Å². The van der Waals surface area contributed by atoms with Crippen LogP contribution in [0.3, 0.4) is 0 Å². The van der Waals surface area contributed by atoms with Crippen LogP contribution in [0.4, 0.5) is 0 Å². The average Bonchev–Trinajstić information content (AvgIpc) is 2.41. The fourth-order valence-corrected chi connectivity index (χ4v) is 1.83. The van der Waals surface area contributed by atoms with E-state index in [0.29, 0.717) is 6.67 Å². The third kappa shape index (κ3) is 3.41. The second kappa shape index (κ2) is 6.18. The highest BCUT2D eigenvalue weighted by Crippen LogP contribution is 2.19. The highest BCUT2D eigenvalue weighted by atomic mass is 14.9. The van der Waals surface area contributed by atoms with Gasteiger partial charge in [0.1, 0.15) is 0 Å². The van der Waals surface area contributed by atoms with Gasteiger partial charge in [0.25, 0.3) is 0 Å².